The second-order valence-electron chi connectivity index (χ2n) is 5.28. The second-order valence-corrected chi connectivity index (χ2v) is 5.28. The molecule has 0 aliphatic rings. The van der Waals surface area contributed by atoms with Gasteiger partial charge in [-0.25, -0.2) is 4.79 Å². The predicted molar refractivity (Wildman–Crippen MR) is 69.9 cm³/mol. The number of aromatic carboxylic acids is 1. The number of hydrogen-bond donors (Lipinski definition) is 3. The Bertz CT molecular complexity index is 563. The summed E-state index contributed by atoms with van der Waals surface area (Å²) in [4.78, 5) is 22.7. The van der Waals surface area contributed by atoms with Crippen LogP contribution in [0.25, 0.3) is 0 Å². The van der Waals surface area contributed by atoms with Gasteiger partial charge in [0, 0.05) is 12.0 Å². The number of alkyl halides is 3. The number of nitrogens with one attached hydrogen (secondary N) is 1. The van der Waals surface area contributed by atoms with Crippen LogP contribution in [0.5, 0.6) is 0 Å². The van der Waals surface area contributed by atoms with E-state index in [2.05, 4.69) is 5.32 Å². The summed E-state index contributed by atoms with van der Waals surface area (Å²) in [5.41, 5.74) is 2.88. The summed E-state index contributed by atoms with van der Waals surface area (Å²) in [5.74, 6) is -2.10. The van der Waals surface area contributed by atoms with E-state index >= 15 is 0 Å². The molecule has 1 aromatic carbocycles. The number of carboxylic acid groups (broad SMARTS) is 1. The van der Waals surface area contributed by atoms with E-state index in [0.29, 0.717) is 12.1 Å². The quantitative estimate of drug-likeness (QED) is 0.796. The number of anilines is 1. The van der Waals surface area contributed by atoms with Crippen LogP contribution in [-0.4, -0.2) is 22.5 Å². The lowest BCUT2D eigenvalue weighted by molar-refractivity contribution is -0.137. The Balaban J connectivity index is 3.13. The van der Waals surface area contributed by atoms with Crippen LogP contribution in [0.15, 0.2) is 18.2 Å². The van der Waals surface area contributed by atoms with E-state index in [-0.39, 0.29) is 6.42 Å². The normalized spacial score (nSPS) is 12.1. The number of halogens is 3. The molecule has 0 unspecified atom stereocenters. The Hall–Kier alpha value is -2.09. The van der Waals surface area contributed by atoms with Gasteiger partial charge in [0.2, 0.25) is 5.91 Å². The van der Waals surface area contributed by atoms with Crippen LogP contribution in [0.1, 0.15) is 36.2 Å². The molecule has 0 saturated carbocycles. The molecule has 0 heterocycles. The van der Waals surface area contributed by atoms with Crippen molar-refractivity contribution in [1.82, 2.24) is 0 Å². The van der Waals surface area contributed by atoms with Crippen LogP contribution in [0.4, 0.5) is 18.9 Å². The van der Waals surface area contributed by atoms with E-state index in [1.54, 1.807) is 13.8 Å². The smallest absolute Gasteiger partial charge is 0.416 e. The van der Waals surface area contributed by atoms with Crippen molar-refractivity contribution in [2.75, 3.05) is 5.32 Å². The largest absolute Gasteiger partial charge is 0.478 e. The van der Waals surface area contributed by atoms with Crippen molar-refractivity contribution in [2.45, 2.75) is 32.0 Å². The van der Waals surface area contributed by atoms with Crippen molar-refractivity contribution in [3.63, 3.8) is 0 Å². The topological polar surface area (TPSA) is 92.4 Å². The van der Waals surface area contributed by atoms with Crippen molar-refractivity contribution in [1.29, 1.82) is 0 Å². The zero-order chi connectivity index (χ0) is 16.4. The number of benzene rings is 1. The minimum absolute atomic E-state index is 0.164. The molecule has 0 fully saturated rings. The Morgan fingerprint density at radius 2 is 1.86 bits per heavy atom. The second kappa shape index (κ2) is 5.72. The van der Waals surface area contributed by atoms with E-state index in [0.717, 1.165) is 6.07 Å². The highest BCUT2D eigenvalue weighted by Gasteiger charge is 2.32. The third kappa shape index (κ3) is 5.07. The summed E-state index contributed by atoms with van der Waals surface area (Å²) in [5, 5.41) is 11.1. The lowest BCUT2D eigenvalue weighted by atomic mass is 10.0. The Kier molecular flexibility index (Phi) is 4.62. The molecule has 0 aliphatic heterocycles. The van der Waals surface area contributed by atoms with E-state index in [4.69, 9.17) is 10.8 Å². The van der Waals surface area contributed by atoms with Crippen molar-refractivity contribution >= 4 is 17.6 Å². The summed E-state index contributed by atoms with van der Waals surface area (Å²) in [7, 11) is 0. The minimum Gasteiger partial charge on any atom is -0.478 e. The van der Waals surface area contributed by atoms with Crippen LogP contribution in [0.3, 0.4) is 0 Å². The number of rotatable bonds is 4. The summed E-state index contributed by atoms with van der Waals surface area (Å²) in [6, 6.07) is 2.03. The molecule has 8 heteroatoms. The van der Waals surface area contributed by atoms with Crippen LogP contribution in [-0.2, 0) is 11.0 Å². The molecule has 0 radical (unpaired) electrons. The average Bonchev–Trinajstić information content (AvgIpc) is 2.24. The number of nitrogens with two attached hydrogens (primary N) is 1. The molecule has 5 nitrogen and oxygen atoms in total. The van der Waals surface area contributed by atoms with Crippen LogP contribution >= 0.6 is 0 Å². The first kappa shape index (κ1) is 17.0. The van der Waals surface area contributed by atoms with Gasteiger partial charge < -0.3 is 16.2 Å². The fourth-order valence-corrected chi connectivity index (χ4v) is 1.62. The number of carboxylic acids is 1. The van der Waals surface area contributed by atoms with Gasteiger partial charge in [-0.1, -0.05) is 0 Å². The van der Waals surface area contributed by atoms with E-state index in [9.17, 15) is 22.8 Å². The third-order valence-corrected chi connectivity index (χ3v) is 2.47. The zero-order valence-corrected chi connectivity index (χ0v) is 11.4. The zero-order valence-electron chi connectivity index (χ0n) is 11.4. The molecular formula is C13H15F3N2O3. The molecule has 0 atom stereocenters. The molecule has 0 aliphatic carbocycles. The molecule has 1 amide bonds. The Morgan fingerprint density at radius 1 is 1.29 bits per heavy atom. The molecule has 4 N–H and O–H groups in total. The first-order chi connectivity index (χ1) is 9.40. The van der Waals surface area contributed by atoms with Crippen molar-refractivity contribution in [2.24, 2.45) is 5.73 Å². The van der Waals surface area contributed by atoms with Gasteiger partial charge in [-0.2, -0.15) is 13.2 Å². The Labute approximate surface area is 118 Å². The van der Waals surface area contributed by atoms with Crippen LogP contribution in [0.2, 0.25) is 0 Å². The highest BCUT2D eigenvalue weighted by Crippen LogP contribution is 2.32. The molecule has 116 valence electrons. The monoisotopic (exact) mass is 304 g/mol. The lowest BCUT2D eigenvalue weighted by Gasteiger charge is -2.18. The maximum atomic E-state index is 12.6. The summed E-state index contributed by atoms with van der Waals surface area (Å²) >= 11 is 0. The number of carbonyl (C=O) groups excluding carboxylic acids is 1. The fourth-order valence-electron chi connectivity index (χ4n) is 1.62. The SMILES string of the molecule is CC(C)(N)CC(=O)Nc1cc(C(F)(F)F)ccc1C(=O)O. The van der Waals surface area contributed by atoms with E-state index < -0.39 is 40.4 Å². The number of hydrogen-bond acceptors (Lipinski definition) is 3. The molecule has 1 rings (SSSR count). The van der Waals surface area contributed by atoms with Crippen molar-refractivity contribution in [3.8, 4) is 0 Å². The van der Waals surface area contributed by atoms with Crippen LogP contribution in [0, 0.1) is 0 Å². The standard InChI is InChI=1S/C13H15F3N2O3/c1-12(2,17)6-10(19)18-9-5-7(13(14,15)16)3-4-8(9)11(20)21/h3-5H,6,17H2,1-2H3,(H,18,19)(H,20,21). The summed E-state index contributed by atoms with van der Waals surface area (Å²) in [6.07, 6.45) is -4.80. The first-order valence-corrected chi connectivity index (χ1v) is 5.93. The van der Waals surface area contributed by atoms with Gasteiger partial charge in [-0.15, -0.1) is 0 Å². The van der Waals surface area contributed by atoms with Crippen molar-refractivity contribution in [3.05, 3.63) is 29.3 Å². The number of amides is 1. The van der Waals surface area contributed by atoms with Gasteiger partial charge in [0.25, 0.3) is 0 Å². The molecule has 21 heavy (non-hydrogen) atoms. The molecule has 0 saturated heterocycles. The maximum Gasteiger partial charge on any atom is 0.416 e. The van der Waals surface area contributed by atoms with Gasteiger partial charge in [-0.3, -0.25) is 4.79 Å². The molecule has 0 aromatic heterocycles. The van der Waals surface area contributed by atoms with Gasteiger partial charge in [0.15, 0.2) is 0 Å². The highest BCUT2D eigenvalue weighted by atomic mass is 19.4. The highest BCUT2D eigenvalue weighted by molar-refractivity contribution is 6.00. The van der Waals surface area contributed by atoms with Gasteiger partial charge in [0.1, 0.15) is 0 Å². The Morgan fingerprint density at radius 3 is 2.29 bits per heavy atom. The lowest BCUT2D eigenvalue weighted by Crippen LogP contribution is -2.36. The first-order valence-electron chi connectivity index (χ1n) is 5.93. The average molecular weight is 304 g/mol. The van der Waals surface area contributed by atoms with Crippen LogP contribution < -0.4 is 11.1 Å². The number of carbonyl (C=O) groups is 2. The summed E-state index contributed by atoms with van der Waals surface area (Å²) < 4.78 is 37.9. The predicted octanol–water partition coefficient (Wildman–Crippen LogP) is 2.47. The van der Waals surface area contributed by atoms with Crippen molar-refractivity contribution < 1.29 is 27.9 Å². The minimum atomic E-state index is -4.64. The molecule has 0 spiro atoms. The third-order valence-electron chi connectivity index (χ3n) is 2.47. The molecular weight excluding hydrogens is 289 g/mol. The molecule has 1 aromatic rings. The van der Waals surface area contributed by atoms with Gasteiger partial charge in [-0.05, 0) is 32.0 Å². The van der Waals surface area contributed by atoms with Gasteiger partial charge >= 0.3 is 12.1 Å². The molecule has 0 bridgehead atoms. The fraction of sp³-hybridized carbons (Fsp3) is 0.385. The van der Waals surface area contributed by atoms with E-state index in [1.165, 1.54) is 0 Å². The van der Waals surface area contributed by atoms with E-state index in [1.807, 2.05) is 0 Å². The maximum absolute atomic E-state index is 12.6. The summed E-state index contributed by atoms with van der Waals surface area (Å²) in [6.45, 7) is 3.13. The van der Waals surface area contributed by atoms with Gasteiger partial charge in [0.05, 0.1) is 16.8 Å².